The van der Waals surface area contributed by atoms with E-state index in [-0.39, 0.29) is 11.7 Å². The smallest absolute Gasteiger partial charge is 0.258 e. The Morgan fingerprint density at radius 3 is 1.88 bits per heavy atom. The van der Waals surface area contributed by atoms with Crippen LogP contribution in [0.3, 0.4) is 0 Å². The zero-order valence-corrected chi connectivity index (χ0v) is 14.9. The highest BCUT2D eigenvalue weighted by atomic mass is 35.5. The third-order valence-corrected chi connectivity index (χ3v) is 4.20. The van der Waals surface area contributed by atoms with Crippen LogP contribution < -0.4 is 0 Å². The standard InChI is InChI=1S/C19H13Cl2N3O2/c20-15-8-4-13(5-9-15)19(14-6-10-16(21)11-7-14)23-22-17-2-1-3-18(12-17)24(25)26/h1-12,19H. The Hall–Kier alpha value is -2.76. The summed E-state index contributed by atoms with van der Waals surface area (Å²) in [5.74, 6) is 0. The van der Waals surface area contributed by atoms with E-state index in [0.29, 0.717) is 15.7 Å². The Bertz CT molecular complexity index is 896. The minimum Gasteiger partial charge on any atom is -0.258 e. The molecule has 7 heteroatoms. The summed E-state index contributed by atoms with van der Waals surface area (Å²) in [5.41, 5.74) is 2.17. The molecule has 0 amide bonds. The van der Waals surface area contributed by atoms with Crippen LogP contribution in [-0.4, -0.2) is 4.92 Å². The minimum absolute atomic E-state index is 0.0315. The van der Waals surface area contributed by atoms with E-state index < -0.39 is 4.92 Å². The van der Waals surface area contributed by atoms with Crippen LogP contribution in [0.4, 0.5) is 11.4 Å². The Balaban J connectivity index is 1.98. The fourth-order valence-electron chi connectivity index (χ4n) is 2.41. The largest absolute Gasteiger partial charge is 0.271 e. The van der Waals surface area contributed by atoms with Gasteiger partial charge in [0.05, 0.1) is 10.6 Å². The van der Waals surface area contributed by atoms with Gasteiger partial charge in [-0.3, -0.25) is 10.1 Å². The van der Waals surface area contributed by atoms with Gasteiger partial charge in [-0.2, -0.15) is 10.2 Å². The molecule has 5 nitrogen and oxygen atoms in total. The lowest BCUT2D eigenvalue weighted by Crippen LogP contribution is -1.97. The van der Waals surface area contributed by atoms with Gasteiger partial charge < -0.3 is 0 Å². The molecular formula is C19H13Cl2N3O2. The van der Waals surface area contributed by atoms with E-state index in [1.807, 2.05) is 24.3 Å². The number of rotatable bonds is 5. The average Bonchev–Trinajstić information content (AvgIpc) is 2.65. The number of halogens is 2. The number of hydrogen-bond acceptors (Lipinski definition) is 4. The molecule has 3 aromatic carbocycles. The Morgan fingerprint density at radius 2 is 1.38 bits per heavy atom. The Labute approximate surface area is 160 Å². The first-order valence-corrected chi connectivity index (χ1v) is 8.45. The maximum absolute atomic E-state index is 10.9. The molecule has 0 heterocycles. The van der Waals surface area contributed by atoms with Gasteiger partial charge in [0.15, 0.2) is 0 Å². The van der Waals surface area contributed by atoms with Crippen molar-refractivity contribution in [1.29, 1.82) is 0 Å². The van der Waals surface area contributed by atoms with E-state index in [0.717, 1.165) is 11.1 Å². The molecule has 0 radical (unpaired) electrons. The quantitative estimate of drug-likeness (QED) is 0.276. The monoisotopic (exact) mass is 385 g/mol. The second-order valence-electron chi connectivity index (χ2n) is 5.50. The van der Waals surface area contributed by atoms with Crippen LogP contribution in [-0.2, 0) is 0 Å². The number of benzene rings is 3. The number of nitrogens with zero attached hydrogens (tertiary/aromatic N) is 3. The lowest BCUT2D eigenvalue weighted by atomic mass is 10.00. The third-order valence-electron chi connectivity index (χ3n) is 3.70. The van der Waals surface area contributed by atoms with Crippen molar-refractivity contribution < 1.29 is 4.92 Å². The predicted molar refractivity (Wildman–Crippen MR) is 102 cm³/mol. The summed E-state index contributed by atoms with van der Waals surface area (Å²) in [6.07, 6.45) is 0. The molecule has 0 saturated heterocycles. The van der Waals surface area contributed by atoms with Gasteiger partial charge in [-0.1, -0.05) is 53.5 Å². The lowest BCUT2D eigenvalue weighted by molar-refractivity contribution is -0.384. The summed E-state index contributed by atoms with van der Waals surface area (Å²) < 4.78 is 0. The molecule has 0 fully saturated rings. The van der Waals surface area contributed by atoms with Crippen LogP contribution >= 0.6 is 23.2 Å². The number of nitro benzene ring substituents is 1. The Morgan fingerprint density at radius 1 is 0.846 bits per heavy atom. The van der Waals surface area contributed by atoms with Crippen LogP contribution in [0, 0.1) is 10.1 Å². The van der Waals surface area contributed by atoms with E-state index in [1.165, 1.54) is 12.1 Å². The van der Waals surface area contributed by atoms with Gasteiger partial charge in [-0.15, -0.1) is 0 Å². The summed E-state index contributed by atoms with van der Waals surface area (Å²) >= 11 is 11.9. The van der Waals surface area contributed by atoms with Crippen molar-refractivity contribution in [2.45, 2.75) is 6.04 Å². The maximum atomic E-state index is 10.9. The highest BCUT2D eigenvalue weighted by molar-refractivity contribution is 6.30. The Kier molecular flexibility index (Phi) is 5.61. The first kappa shape index (κ1) is 18.0. The van der Waals surface area contributed by atoms with Crippen molar-refractivity contribution in [3.05, 3.63) is 104 Å². The van der Waals surface area contributed by atoms with Gasteiger partial charge in [0.2, 0.25) is 0 Å². The number of non-ortho nitro benzene ring substituents is 1. The molecule has 0 bridgehead atoms. The molecular weight excluding hydrogens is 373 g/mol. The van der Waals surface area contributed by atoms with E-state index in [2.05, 4.69) is 10.2 Å². The molecule has 26 heavy (non-hydrogen) atoms. The molecule has 3 rings (SSSR count). The average molecular weight is 386 g/mol. The molecule has 0 aromatic heterocycles. The molecule has 0 aliphatic heterocycles. The van der Waals surface area contributed by atoms with Gasteiger partial charge in [0, 0.05) is 22.2 Å². The highest BCUT2D eigenvalue weighted by Gasteiger charge is 2.14. The van der Waals surface area contributed by atoms with Crippen molar-refractivity contribution in [1.82, 2.24) is 0 Å². The second-order valence-corrected chi connectivity index (χ2v) is 6.37. The van der Waals surface area contributed by atoms with Gasteiger partial charge in [-0.25, -0.2) is 0 Å². The first-order valence-electron chi connectivity index (χ1n) is 7.69. The molecule has 0 atom stereocenters. The molecule has 0 saturated carbocycles. The molecule has 0 spiro atoms. The van der Waals surface area contributed by atoms with Gasteiger partial charge in [-0.05, 0) is 41.5 Å². The molecule has 3 aromatic rings. The summed E-state index contributed by atoms with van der Waals surface area (Å²) in [4.78, 5) is 10.4. The number of hydrogen-bond donors (Lipinski definition) is 0. The van der Waals surface area contributed by atoms with Crippen molar-refractivity contribution in [3.8, 4) is 0 Å². The van der Waals surface area contributed by atoms with Gasteiger partial charge in [0.1, 0.15) is 6.04 Å². The van der Waals surface area contributed by atoms with Gasteiger partial charge >= 0.3 is 0 Å². The summed E-state index contributed by atoms with van der Waals surface area (Å²) in [7, 11) is 0. The van der Waals surface area contributed by atoms with E-state index >= 15 is 0 Å². The molecule has 0 N–H and O–H groups in total. The number of nitro groups is 1. The highest BCUT2D eigenvalue weighted by Crippen LogP contribution is 2.30. The van der Waals surface area contributed by atoms with Crippen LogP contribution in [0.25, 0.3) is 0 Å². The van der Waals surface area contributed by atoms with E-state index in [1.54, 1.807) is 36.4 Å². The SMILES string of the molecule is O=[N+]([O-])c1cccc(N=NC(c2ccc(Cl)cc2)c2ccc(Cl)cc2)c1. The van der Waals surface area contributed by atoms with Crippen LogP contribution in [0.2, 0.25) is 10.0 Å². The third kappa shape index (κ3) is 4.45. The molecule has 0 aliphatic rings. The zero-order chi connectivity index (χ0) is 18.5. The summed E-state index contributed by atoms with van der Waals surface area (Å²) in [6, 6.07) is 20.2. The summed E-state index contributed by atoms with van der Waals surface area (Å²) in [6.45, 7) is 0. The van der Waals surface area contributed by atoms with Crippen LogP contribution in [0.15, 0.2) is 83.0 Å². The second kappa shape index (κ2) is 8.08. The molecule has 0 unspecified atom stereocenters. The van der Waals surface area contributed by atoms with Crippen molar-refractivity contribution in [3.63, 3.8) is 0 Å². The van der Waals surface area contributed by atoms with E-state index in [4.69, 9.17) is 23.2 Å². The first-order chi connectivity index (χ1) is 12.5. The van der Waals surface area contributed by atoms with Crippen molar-refractivity contribution >= 4 is 34.6 Å². The molecule has 130 valence electrons. The fourth-order valence-corrected chi connectivity index (χ4v) is 2.66. The normalized spacial score (nSPS) is 11.2. The zero-order valence-electron chi connectivity index (χ0n) is 13.4. The maximum Gasteiger partial charge on any atom is 0.271 e. The topological polar surface area (TPSA) is 67.9 Å². The predicted octanol–water partition coefficient (Wildman–Crippen LogP) is 6.77. The van der Waals surface area contributed by atoms with Crippen molar-refractivity contribution in [2.75, 3.05) is 0 Å². The molecule has 0 aliphatic carbocycles. The fraction of sp³-hybridized carbons (Fsp3) is 0.0526. The summed E-state index contributed by atoms with van der Waals surface area (Å²) in [5, 5.41) is 20.8. The minimum atomic E-state index is -0.463. The van der Waals surface area contributed by atoms with Crippen molar-refractivity contribution in [2.24, 2.45) is 10.2 Å². The van der Waals surface area contributed by atoms with E-state index in [9.17, 15) is 10.1 Å². The lowest BCUT2D eigenvalue weighted by Gasteiger charge is -2.12. The van der Waals surface area contributed by atoms with Crippen LogP contribution in [0.1, 0.15) is 17.2 Å². The number of azo groups is 1. The van der Waals surface area contributed by atoms with Gasteiger partial charge in [0.25, 0.3) is 5.69 Å². The van der Waals surface area contributed by atoms with Crippen LogP contribution in [0.5, 0.6) is 0 Å².